The molecule has 0 saturated heterocycles. The minimum absolute atomic E-state index is 0.745. The van der Waals surface area contributed by atoms with Crippen LogP contribution >= 0.6 is 23.2 Å². The maximum Gasteiger partial charge on any atom is 0.401 e. The zero-order chi connectivity index (χ0) is 7.86. The van der Waals surface area contributed by atoms with Gasteiger partial charge in [-0.3, -0.25) is 10.2 Å². The Hall–Kier alpha value is -0.520. The smallest absolute Gasteiger partial charge is 0.401 e. The lowest BCUT2D eigenvalue weighted by Gasteiger charge is -1.77. The first kappa shape index (κ1) is 11.3. The van der Waals surface area contributed by atoms with E-state index in [0.717, 1.165) is 0 Å². The number of halogens is 2. The Bertz CT molecular complexity index is 102. The first-order valence-electron chi connectivity index (χ1n) is 1.55. The van der Waals surface area contributed by atoms with Crippen molar-refractivity contribution in [3.8, 4) is 0 Å². The van der Waals surface area contributed by atoms with Crippen molar-refractivity contribution in [2.45, 2.75) is 0 Å². The summed E-state index contributed by atoms with van der Waals surface area (Å²) >= 11 is 8.78. The molecule has 0 spiro atoms. The fraction of sp³-hybridized carbons (Fsp3) is 0. The van der Waals surface area contributed by atoms with E-state index in [1.54, 1.807) is 5.43 Å². The highest BCUT2D eigenvalue weighted by Crippen LogP contribution is 1.67. The molecule has 7 heteroatoms. The highest BCUT2D eigenvalue weighted by molar-refractivity contribution is 6.62. The second-order valence-corrected chi connectivity index (χ2v) is 1.34. The number of carbonyl (C=O) groups is 2. The van der Waals surface area contributed by atoms with E-state index in [4.69, 9.17) is 9.90 Å². The minimum atomic E-state index is -1.36. The molecular formula is C2H4Cl2N2O3. The molecule has 0 aliphatic heterocycles. The molecule has 0 saturated carbocycles. The van der Waals surface area contributed by atoms with Crippen molar-refractivity contribution in [3.63, 3.8) is 0 Å². The highest BCUT2D eigenvalue weighted by Gasteiger charge is 1.78. The zero-order valence-electron chi connectivity index (χ0n) is 4.10. The second kappa shape index (κ2) is 7.48. The van der Waals surface area contributed by atoms with Gasteiger partial charge < -0.3 is 5.11 Å². The Morgan fingerprint density at radius 2 is 1.56 bits per heavy atom. The molecule has 0 aromatic rings. The van der Waals surface area contributed by atoms with E-state index in [9.17, 15) is 4.79 Å². The maximum absolute atomic E-state index is 9.34. The largest absolute Gasteiger partial charge is 0.469 e. The fourth-order valence-corrected chi connectivity index (χ4v) is 0. The van der Waals surface area contributed by atoms with Crippen LogP contribution in [0.25, 0.3) is 0 Å². The topological polar surface area (TPSA) is 92.4 Å². The van der Waals surface area contributed by atoms with Gasteiger partial charge in [0.15, 0.2) is 0 Å². The van der Waals surface area contributed by atoms with Crippen LogP contribution < -0.4 is 11.3 Å². The van der Waals surface area contributed by atoms with E-state index in [0.29, 0.717) is 0 Å². The van der Waals surface area contributed by atoms with Gasteiger partial charge in [-0.2, -0.15) is 0 Å². The van der Waals surface area contributed by atoms with Gasteiger partial charge in [0.1, 0.15) is 0 Å². The lowest BCUT2D eigenvalue weighted by atomic mass is 11.4. The summed E-state index contributed by atoms with van der Waals surface area (Å²) in [5, 5.41) is 6.44. The van der Waals surface area contributed by atoms with Gasteiger partial charge in [-0.15, -0.1) is 0 Å². The summed E-state index contributed by atoms with van der Waals surface area (Å²) in [7, 11) is 0. The van der Waals surface area contributed by atoms with E-state index in [2.05, 4.69) is 29.0 Å². The van der Waals surface area contributed by atoms with Crippen LogP contribution in [-0.4, -0.2) is 15.9 Å². The number of hydrogen-bond acceptors (Lipinski definition) is 3. The quantitative estimate of drug-likeness (QED) is 0.166. The Morgan fingerprint density at radius 1 is 1.44 bits per heavy atom. The predicted octanol–water partition coefficient (Wildman–Crippen LogP) is 0.712. The third-order valence-electron chi connectivity index (χ3n) is 0.113. The Labute approximate surface area is 60.7 Å². The normalized spacial score (nSPS) is 6.56. The van der Waals surface area contributed by atoms with Gasteiger partial charge in [0.2, 0.25) is 0 Å². The number of hydrogen-bond donors (Lipinski definition) is 3. The molecular weight excluding hydrogens is 171 g/mol. The number of amides is 1. The predicted molar refractivity (Wildman–Crippen MR) is 32.4 cm³/mol. The lowest BCUT2D eigenvalue weighted by Crippen LogP contribution is -2.23. The molecule has 0 aromatic heterocycles. The third-order valence-corrected chi connectivity index (χ3v) is 0.223. The van der Waals surface area contributed by atoms with Crippen molar-refractivity contribution in [3.05, 3.63) is 0 Å². The van der Waals surface area contributed by atoms with Crippen LogP contribution in [0.2, 0.25) is 0 Å². The number of nitrogens with one attached hydrogen (secondary N) is 1. The van der Waals surface area contributed by atoms with Crippen molar-refractivity contribution in [2.75, 3.05) is 0 Å². The van der Waals surface area contributed by atoms with Crippen LogP contribution in [0, 0.1) is 0 Å². The number of carboxylic acid groups (broad SMARTS) is 1. The van der Waals surface area contributed by atoms with Gasteiger partial charge >= 0.3 is 10.8 Å². The Morgan fingerprint density at radius 3 is 1.56 bits per heavy atom. The molecule has 4 N–H and O–H groups in total. The zero-order valence-corrected chi connectivity index (χ0v) is 5.61. The van der Waals surface area contributed by atoms with Crippen molar-refractivity contribution >= 4 is 34.0 Å². The van der Waals surface area contributed by atoms with Gasteiger partial charge in [-0.25, -0.2) is 10.6 Å². The molecule has 0 rings (SSSR count). The molecule has 0 aliphatic rings. The third kappa shape index (κ3) is 103. The maximum atomic E-state index is 9.34. The molecule has 0 radical (unpaired) electrons. The number of carbonyl (C=O) groups excluding carboxylic acids is 1. The lowest BCUT2D eigenvalue weighted by molar-refractivity contribution is 0.220. The summed E-state index contributed by atoms with van der Waals surface area (Å²) in [4.78, 5) is 18.1. The second-order valence-electron chi connectivity index (χ2n) is 0.671. The summed E-state index contributed by atoms with van der Waals surface area (Å²) < 4.78 is 0. The van der Waals surface area contributed by atoms with Crippen LogP contribution in [0.3, 0.4) is 0 Å². The first-order valence-corrected chi connectivity index (χ1v) is 2.30. The van der Waals surface area contributed by atoms with Crippen LogP contribution in [0.15, 0.2) is 0 Å². The SMILES string of the molecule is NNC(=O)Cl.O=C(O)Cl. The van der Waals surface area contributed by atoms with Crippen molar-refractivity contribution in [1.82, 2.24) is 5.43 Å². The molecule has 0 aliphatic carbocycles. The molecule has 0 unspecified atom stereocenters. The highest BCUT2D eigenvalue weighted by atomic mass is 35.5. The molecule has 1 amide bonds. The van der Waals surface area contributed by atoms with Gasteiger partial charge in [-0.1, -0.05) is 0 Å². The minimum Gasteiger partial charge on any atom is -0.469 e. The fourth-order valence-electron chi connectivity index (χ4n) is 0. The van der Waals surface area contributed by atoms with Crippen LogP contribution in [-0.2, 0) is 0 Å². The first-order chi connectivity index (χ1) is 4.00. The van der Waals surface area contributed by atoms with E-state index in [1.165, 1.54) is 0 Å². The molecule has 0 aromatic carbocycles. The molecule has 0 atom stereocenters. The van der Waals surface area contributed by atoms with Crippen molar-refractivity contribution < 1.29 is 14.7 Å². The summed E-state index contributed by atoms with van der Waals surface area (Å²) in [5.41, 5.74) is 0.293. The average Bonchev–Trinajstić information content (AvgIpc) is 1.65. The van der Waals surface area contributed by atoms with Crippen molar-refractivity contribution in [1.29, 1.82) is 0 Å². The van der Waals surface area contributed by atoms with E-state index in [-0.39, 0.29) is 0 Å². The number of rotatable bonds is 0. The van der Waals surface area contributed by atoms with Gasteiger partial charge in [0.05, 0.1) is 0 Å². The van der Waals surface area contributed by atoms with Gasteiger partial charge in [-0.05, 0) is 11.6 Å². The summed E-state index contributed by atoms with van der Waals surface area (Å²) in [5.74, 6) is 4.44. The van der Waals surface area contributed by atoms with E-state index >= 15 is 0 Å². The van der Waals surface area contributed by atoms with Crippen LogP contribution in [0.1, 0.15) is 0 Å². The van der Waals surface area contributed by atoms with Crippen molar-refractivity contribution in [2.24, 2.45) is 5.84 Å². The molecule has 54 valence electrons. The Kier molecular flexibility index (Phi) is 9.39. The molecule has 0 fully saturated rings. The summed E-state index contributed by atoms with van der Waals surface area (Å²) in [6.45, 7) is 0. The molecule has 5 nitrogen and oxygen atoms in total. The summed E-state index contributed by atoms with van der Waals surface area (Å²) in [6, 6.07) is 0. The standard InChI is InChI=1S/CH3ClN2O.CHClO2/c2-1(5)4-3;2-1(3)4/h3H2,(H,4,5);(H,3,4). The molecule has 9 heavy (non-hydrogen) atoms. The van der Waals surface area contributed by atoms with Gasteiger partial charge in [0, 0.05) is 11.6 Å². The van der Waals surface area contributed by atoms with Crippen LogP contribution in [0.5, 0.6) is 0 Å². The summed E-state index contributed by atoms with van der Waals surface area (Å²) in [6.07, 6.45) is 0. The molecule has 0 bridgehead atoms. The van der Waals surface area contributed by atoms with E-state index in [1.807, 2.05) is 0 Å². The molecule has 0 heterocycles. The average molecular weight is 175 g/mol. The monoisotopic (exact) mass is 174 g/mol. The van der Waals surface area contributed by atoms with Gasteiger partial charge in [0.25, 0.3) is 0 Å². The number of hydrazine groups is 1. The van der Waals surface area contributed by atoms with E-state index < -0.39 is 10.8 Å². The van der Waals surface area contributed by atoms with Crippen LogP contribution in [0.4, 0.5) is 9.59 Å². The Balaban J connectivity index is 0. The number of nitrogens with two attached hydrogens (primary N) is 1.